The van der Waals surface area contributed by atoms with E-state index in [-0.39, 0.29) is 5.82 Å². The van der Waals surface area contributed by atoms with E-state index < -0.39 is 0 Å². The van der Waals surface area contributed by atoms with Gasteiger partial charge < -0.3 is 5.32 Å². The zero-order chi connectivity index (χ0) is 15.1. The standard InChI is InChI=1S/C16H20FN3S/c1-12(2)7-18-8-13-9-19-16(20-10-13)11-21-15-6-4-3-5-14(15)17/h3-6,9-10,12,18H,7-8,11H2,1-2H3. The van der Waals surface area contributed by atoms with Crippen LogP contribution in [0.4, 0.5) is 4.39 Å². The second-order valence-electron chi connectivity index (χ2n) is 5.25. The molecule has 0 aliphatic heterocycles. The van der Waals surface area contributed by atoms with Gasteiger partial charge >= 0.3 is 0 Å². The number of thioether (sulfide) groups is 1. The van der Waals surface area contributed by atoms with Gasteiger partial charge in [-0.1, -0.05) is 26.0 Å². The van der Waals surface area contributed by atoms with E-state index in [2.05, 4.69) is 29.1 Å². The first-order valence-electron chi connectivity index (χ1n) is 7.03. The monoisotopic (exact) mass is 305 g/mol. The molecule has 1 aromatic carbocycles. The Morgan fingerprint density at radius 3 is 2.57 bits per heavy atom. The molecule has 21 heavy (non-hydrogen) atoms. The Labute approximate surface area is 129 Å². The van der Waals surface area contributed by atoms with E-state index in [0.717, 1.165) is 24.5 Å². The maximum absolute atomic E-state index is 13.5. The highest BCUT2D eigenvalue weighted by molar-refractivity contribution is 7.98. The number of halogens is 1. The van der Waals surface area contributed by atoms with Crippen molar-refractivity contribution < 1.29 is 4.39 Å². The van der Waals surface area contributed by atoms with Crippen molar-refractivity contribution in [1.82, 2.24) is 15.3 Å². The van der Waals surface area contributed by atoms with Crippen molar-refractivity contribution in [3.8, 4) is 0 Å². The molecule has 0 fully saturated rings. The summed E-state index contributed by atoms with van der Waals surface area (Å²) in [4.78, 5) is 9.28. The van der Waals surface area contributed by atoms with Crippen molar-refractivity contribution in [2.45, 2.75) is 31.0 Å². The Morgan fingerprint density at radius 1 is 1.19 bits per heavy atom. The van der Waals surface area contributed by atoms with Crippen LogP contribution in [0.3, 0.4) is 0 Å². The molecule has 0 saturated carbocycles. The van der Waals surface area contributed by atoms with E-state index in [9.17, 15) is 4.39 Å². The molecule has 0 unspecified atom stereocenters. The van der Waals surface area contributed by atoms with E-state index in [1.807, 2.05) is 18.5 Å². The highest BCUT2D eigenvalue weighted by Gasteiger charge is 2.04. The summed E-state index contributed by atoms with van der Waals surface area (Å²) >= 11 is 1.41. The quantitative estimate of drug-likeness (QED) is 0.792. The Bertz CT molecular complexity index is 558. The fourth-order valence-electron chi connectivity index (χ4n) is 1.76. The van der Waals surface area contributed by atoms with Gasteiger partial charge in [0.2, 0.25) is 0 Å². The van der Waals surface area contributed by atoms with Crippen LogP contribution in [0.2, 0.25) is 0 Å². The van der Waals surface area contributed by atoms with Gasteiger partial charge in [-0.25, -0.2) is 14.4 Å². The number of rotatable bonds is 7. The maximum Gasteiger partial charge on any atom is 0.138 e. The minimum Gasteiger partial charge on any atom is -0.312 e. The second kappa shape index (κ2) is 8.10. The Morgan fingerprint density at radius 2 is 1.90 bits per heavy atom. The molecule has 0 aliphatic rings. The van der Waals surface area contributed by atoms with Gasteiger partial charge in [0.15, 0.2) is 0 Å². The molecule has 1 heterocycles. The summed E-state index contributed by atoms with van der Waals surface area (Å²) in [6.07, 6.45) is 3.66. The first kappa shape index (κ1) is 15.9. The lowest BCUT2D eigenvalue weighted by Gasteiger charge is -2.07. The number of hydrogen-bond donors (Lipinski definition) is 1. The van der Waals surface area contributed by atoms with Crippen molar-refractivity contribution in [3.63, 3.8) is 0 Å². The smallest absolute Gasteiger partial charge is 0.138 e. The van der Waals surface area contributed by atoms with E-state index in [4.69, 9.17) is 0 Å². The average molecular weight is 305 g/mol. The molecule has 0 saturated heterocycles. The van der Waals surface area contributed by atoms with Crippen molar-refractivity contribution >= 4 is 11.8 Å². The molecule has 0 radical (unpaired) electrons. The minimum atomic E-state index is -0.197. The third-order valence-electron chi connectivity index (χ3n) is 2.83. The summed E-state index contributed by atoms with van der Waals surface area (Å²) in [5.41, 5.74) is 1.07. The molecular formula is C16H20FN3S. The molecule has 0 aliphatic carbocycles. The first-order valence-corrected chi connectivity index (χ1v) is 8.01. The molecule has 2 aromatic rings. The van der Waals surface area contributed by atoms with Gasteiger partial charge in [0.25, 0.3) is 0 Å². The van der Waals surface area contributed by atoms with E-state index >= 15 is 0 Å². The van der Waals surface area contributed by atoms with Gasteiger partial charge in [-0.2, -0.15) is 0 Å². The van der Waals surface area contributed by atoms with Crippen molar-refractivity contribution in [3.05, 3.63) is 53.9 Å². The van der Waals surface area contributed by atoms with Crippen molar-refractivity contribution in [1.29, 1.82) is 0 Å². The predicted molar refractivity (Wildman–Crippen MR) is 84.5 cm³/mol. The molecule has 2 rings (SSSR count). The summed E-state index contributed by atoms with van der Waals surface area (Å²) < 4.78 is 13.5. The first-order chi connectivity index (χ1) is 10.1. The van der Waals surface area contributed by atoms with Crippen LogP contribution >= 0.6 is 11.8 Å². The Kier molecular flexibility index (Phi) is 6.14. The van der Waals surface area contributed by atoms with Crippen molar-refractivity contribution in [2.24, 2.45) is 5.92 Å². The maximum atomic E-state index is 13.5. The Hall–Kier alpha value is -1.46. The van der Waals surface area contributed by atoms with Gasteiger partial charge in [0, 0.05) is 29.4 Å². The predicted octanol–water partition coefficient (Wildman–Crippen LogP) is 3.65. The molecule has 1 aromatic heterocycles. The van der Waals surface area contributed by atoms with Crippen LogP contribution in [0.5, 0.6) is 0 Å². The fourth-order valence-corrected chi connectivity index (χ4v) is 2.57. The van der Waals surface area contributed by atoms with Gasteiger partial charge in [-0.05, 0) is 24.6 Å². The lowest BCUT2D eigenvalue weighted by atomic mass is 10.2. The molecule has 0 atom stereocenters. The molecule has 1 N–H and O–H groups in total. The number of nitrogens with one attached hydrogen (secondary N) is 1. The zero-order valence-electron chi connectivity index (χ0n) is 12.3. The zero-order valence-corrected chi connectivity index (χ0v) is 13.2. The van der Waals surface area contributed by atoms with Crippen LogP contribution in [-0.2, 0) is 12.3 Å². The number of aromatic nitrogens is 2. The summed E-state index contributed by atoms with van der Waals surface area (Å²) in [5.74, 6) is 1.72. The van der Waals surface area contributed by atoms with E-state index in [1.165, 1.54) is 17.8 Å². The molecule has 3 nitrogen and oxygen atoms in total. The third-order valence-corrected chi connectivity index (χ3v) is 3.88. The highest BCUT2D eigenvalue weighted by Crippen LogP contribution is 2.23. The molecular weight excluding hydrogens is 285 g/mol. The normalized spacial score (nSPS) is 11.0. The van der Waals surface area contributed by atoms with Crippen LogP contribution < -0.4 is 5.32 Å². The summed E-state index contributed by atoms with van der Waals surface area (Å²) in [6.45, 7) is 6.10. The fraction of sp³-hybridized carbons (Fsp3) is 0.375. The molecule has 112 valence electrons. The van der Waals surface area contributed by atoms with E-state index in [0.29, 0.717) is 16.6 Å². The summed E-state index contributed by atoms with van der Waals surface area (Å²) in [7, 11) is 0. The van der Waals surface area contributed by atoms with Crippen LogP contribution in [0.1, 0.15) is 25.2 Å². The second-order valence-corrected chi connectivity index (χ2v) is 6.27. The van der Waals surface area contributed by atoms with E-state index in [1.54, 1.807) is 12.1 Å². The highest BCUT2D eigenvalue weighted by atomic mass is 32.2. The number of nitrogens with zero attached hydrogens (tertiary/aromatic N) is 2. The SMILES string of the molecule is CC(C)CNCc1cnc(CSc2ccccc2F)nc1. The third kappa shape index (κ3) is 5.44. The van der Waals surface area contributed by atoms with Crippen LogP contribution in [0, 0.1) is 11.7 Å². The lowest BCUT2D eigenvalue weighted by molar-refractivity contribution is 0.551. The van der Waals surface area contributed by atoms with Crippen LogP contribution in [0.25, 0.3) is 0 Å². The topological polar surface area (TPSA) is 37.8 Å². The largest absolute Gasteiger partial charge is 0.312 e. The van der Waals surface area contributed by atoms with Crippen LogP contribution in [0.15, 0.2) is 41.6 Å². The molecule has 5 heteroatoms. The number of benzene rings is 1. The van der Waals surface area contributed by atoms with Gasteiger partial charge in [-0.3, -0.25) is 0 Å². The van der Waals surface area contributed by atoms with Crippen LogP contribution in [-0.4, -0.2) is 16.5 Å². The minimum absolute atomic E-state index is 0.197. The van der Waals surface area contributed by atoms with Gasteiger partial charge in [0.1, 0.15) is 11.6 Å². The average Bonchev–Trinajstić information content (AvgIpc) is 2.47. The number of hydrogen-bond acceptors (Lipinski definition) is 4. The summed E-state index contributed by atoms with van der Waals surface area (Å²) in [6, 6.07) is 6.75. The van der Waals surface area contributed by atoms with Gasteiger partial charge in [0.05, 0.1) is 5.75 Å². The lowest BCUT2D eigenvalue weighted by Crippen LogP contribution is -2.19. The molecule has 0 spiro atoms. The Balaban J connectivity index is 1.84. The molecule has 0 amide bonds. The summed E-state index contributed by atoms with van der Waals surface area (Å²) in [5, 5.41) is 3.35. The van der Waals surface area contributed by atoms with Gasteiger partial charge in [-0.15, -0.1) is 11.8 Å². The van der Waals surface area contributed by atoms with Crippen molar-refractivity contribution in [2.75, 3.05) is 6.54 Å². The molecule has 0 bridgehead atoms.